The first-order valence-electron chi connectivity index (χ1n) is 6.31. The molecule has 1 heterocycles. The summed E-state index contributed by atoms with van der Waals surface area (Å²) in [4.78, 5) is 0. The lowest BCUT2D eigenvalue weighted by Gasteiger charge is -2.12. The third kappa shape index (κ3) is 5.83. The van der Waals surface area contributed by atoms with Crippen molar-refractivity contribution in [3.05, 3.63) is 17.0 Å². The molecule has 0 fully saturated rings. The summed E-state index contributed by atoms with van der Waals surface area (Å²) < 4.78 is 27.5. The van der Waals surface area contributed by atoms with Crippen molar-refractivity contribution in [2.24, 2.45) is 0 Å². The number of nitrogens with one attached hydrogen (secondary N) is 2. The predicted octanol–water partition coefficient (Wildman–Crippen LogP) is 2.28. The fourth-order valence-corrected chi connectivity index (χ4v) is 4.89. The summed E-state index contributed by atoms with van der Waals surface area (Å²) in [7, 11) is -1.52. The van der Waals surface area contributed by atoms with E-state index in [9.17, 15) is 8.42 Å². The molecule has 0 aliphatic rings. The Morgan fingerprint density at radius 2 is 2.21 bits per heavy atom. The van der Waals surface area contributed by atoms with Crippen LogP contribution in [0.1, 0.15) is 25.8 Å². The lowest BCUT2D eigenvalue weighted by atomic mass is 10.3. The molecule has 0 aromatic carbocycles. The van der Waals surface area contributed by atoms with Gasteiger partial charge in [-0.15, -0.1) is 11.3 Å². The first-order chi connectivity index (χ1) is 8.99. The molecule has 1 aromatic heterocycles. The Kier molecular flexibility index (Phi) is 7.38. The first-order valence-corrected chi connectivity index (χ1v) is 9.83. The van der Waals surface area contributed by atoms with Gasteiger partial charge < -0.3 is 5.32 Å². The van der Waals surface area contributed by atoms with E-state index in [0.717, 1.165) is 23.5 Å². The summed E-state index contributed by atoms with van der Waals surface area (Å²) >= 11 is 3.10. The number of rotatable bonds is 9. The molecule has 2 N–H and O–H groups in total. The van der Waals surface area contributed by atoms with Gasteiger partial charge in [0.2, 0.25) is 10.0 Å². The van der Waals surface area contributed by atoms with Gasteiger partial charge in [0.25, 0.3) is 0 Å². The highest BCUT2D eigenvalue weighted by Crippen LogP contribution is 2.20. The molecule has 4 nitrogen and oxygen atoms in total. The highest BCUT2D eigenvalue weighted by atomic mass is 32.2. The second-order valence-electron chi connectivity index (χ2n) is 4.31. The number of thiophene rings is 1. The predicted molar refractivity (Wildman–Crippen MR) is 84.5 cm³/mol. The highest BCUT2D eigenvalue weighted by Gasteiger charge is 2.19. The molecular weight excluding hydrogens is 300 g/mol. The van der Waals surface area contributed by atoms with Crippen LogP contribution >= 0.6 is 23.1 Å². The maximum atomic E-state index is 12.2. The topological polar surface area (TPSA) is 58.2 Å². The van der Waals surface area contributed by atoms with Crippen molar-refractivity contribution < 1.29 is 8.42 Å². The normalized spacial score (nSPS) is 13.6. The summed E-state index contributed by atoms with van der Waals surface area (Å²) in [6, 6.07) is 1.70. The minimum absolute atomic E-state index is 0.0288. The van der Waals surface area contributed by atoms with Crippen LogP contribution in [0.25, 0.3) is 0 Å². The molecule has 0 aliphatic carbocycles. The van der Waals surface area contributed by atoms with E-state index in [1.807, 2.05) is 31.1 Å². The monoisotopic (exact) mass is 322 g/mol. The standard InChI is InChI=1S/C12H22N2O2S3/c1-4-17-6-5-10(2)14-19(15,16)12-7-11(8-13-3)9-18-12/h7,9-10,13-14H,4-6,8H2,1-3H3. The summed E-state index contributed by atoms with van der Waals surface area (Å²) in [6.07, 6.45) is 0.854. The fraction of sp³-hybridized carbons (Fsp3) is 0.667. The zero-order valence-electron chi connectivity index (χ0n) is 11.6. The molecular formula is C12H22N2O2S3. The Morgan fingerprint density at radius 1 is 1.47 bits per heavy atom. The van der Waals surface area contributed by atoms with Crippen LogP contribution in [0.2, 0.25) is 0 Å². The molecule has 0 aliphatic heterocycles. The van der Waals surface area contributed by atoms with E-state index in [2.05, 4.69) is 17.0 Å². The second kappa shape index (κ2) is 8.26. The number of hydrogen-bond donors (Lipinski definition) is 2. The van der Waals surface area contributed by atoms with Gasteiger partial charge in [0.05, 0.1) is 0 Å². The first kappa shape index (κ1) is 17.0. The van der Waals surface area contributed by atoms with Crippen LogP contribution in [-0.2, 0) is 16.6 Å². The van der Waals surface area contributed by atoms with Gasteiger partial charge in [0, 0.05) is 12.6 Å². The Morgan fingerprint density at radius 3 is 2.84 bits per heavy atom. The largest absolute Gasteiger partial charge is 0.316 e. The quantitative estimate of drug-likeness (QED) is 0.685. The molecule has 0 saturated heterocycles. The Hall–Kier alpha value is -0.0800. The van der Waals surface area contributed by atoms with Gasteiger partial charge >= 0.3 is 0 Å². The molecule has 0 amide bonds. The zero-order valence-corrected chi connectivity index (χ0v) is 14.1. The fourth-order valence-electron chi connectivity index (χ4n) is 1.58. The van der Waals surface area contributed by atoms with E-state index in [0.29, 0.717) is 10.8 Å². The zero-order chi connectivity index (χ0) is 14.3. The number of hydrogen-bond acceptors (Lipinski definition) is 5. The molecule has 1 aromatic rings. The van der Waals surface area contributed by atoms with Crippen LogP contribution in [0.15, 0.2) is 15.7 Å². The van der Waals surface area contributed by atoms with E-state index in [-0.39, 0.29) is 6.04 Å². The van der Waals surface area contributed by atoms with Gasteiger partial charge in [-0.2, -0.15) is 11.8 Å². The third-order valence-corrected chi connectivity index (χ3v) is 6.54. The van der Waals surface area contributed by atoms with Crippen LogP contribution in [0.4, 0.5) is 0 Å². The molecule has 110 valence electrons. The number of sulfonamides is 1. The molecule has 19 heavy (non-hydrogen) atoms. The van der Waals surface area contributed by atoms with E-state index >= 15 is 0 Å². The summed E-state index contributed by atoms with van der Waals surface area (Å²) in [5.74, 6) is 2.05. The summed E-state index contributed by atoms with van der Waals surface area (Å²) in [5.41, 5.74) is 1.00. The molecule has 0 bridgehead atoms. The van der Waals surface area contributed by atoms with Crippen LogP contribution in [0.3, 0.4) is 0 Å². The van der Waals surface area contributed by atoms with Gasteiger partial charge in [-0.25, -0.2) is 13.1 Å². The van der Waals surface area contributed by atoms with E-state index in [1.165, 1.54) is 11.3 Å². The van der Waals surface area contributed by atoms with Crippen LogP contribution in [0.5, 0.6) is 0 Å². The van der Waals surface area contributed by atoms with E-state index in [1.54, 1.807) is 6.07 Å². The molecule has 0 radical (unpaired) electrons. The SMILES string of the molecule is CCSCCC(C)NS(=O)(=O)c1cc(CNC)cs1. The van der Waals surface area contributed by atoms with Crippen LogP contribution in [-0.4, -0.2) is 33.0 Å². The van der Waals surface area contributed by atoms with Gasteiger partial charge in [-0.05, 0) is 48.9 Å². The lowest BCUT2D eigenvalue weighted by Crippen LogP contribution is -2.32. The molecule has 1 unspecified atom stereocenters. The van der Waals surface area contributed by atoms with Crippen molar-refractivity contribution in [3.8, 4) is 0 Å². The second-order valence-corrected chi connectivity index (χ2v) is 8.56. The minimum atomic E-state index is -3.36. The summed E-state index contributed by atoms with van der Waals surface area (Å²) in [5, 5.41) is 4.89. The van der Waals surface area contributed by atoms with Crippen molar-refractivity contribution in [3.63, 3.8) is 0 Å². The van der Waals surface area contributed by atoms with Crippen molar-refractivity contribution in [2.45, 2.75) is 37.1 Å². The van der Waals surface area contributed by atoms with E-state index in [4.69, 9.17) is 0 Å². The maximum Gasteiger partial charge on any atom is 0.250 e. The van der Waals surface area contributed by atoms with Crippen molar-refractivity contribution in [1.82, 2.24) is 10.0 Å². The average molecular weight is 323 g/mol. The Labute approximate surface area is 124 Å². The van der Waals surface area contributed by atoms with Gasteiger partial charge in [0.15, 0.2) is 0 Å². The van der Waals surface area contributed by atoms with Crippen molar-refractivity contribution in [2.75, 3.05) is 18.6 Å². The number of thioether (sulfide) groups is 1. The van der Waals surface area contributed by atoms with Crippen molar-refractivity contribution >= 4 is 33.1 Å². The molecule has 0 spiro atoms. The maximum absolute atomic E-state index is 12.2. The van der Waals surface area contributed by atoms with Gasteiger partial charge in [0.1, 0.15) is 4.21 Å². The Bertz CT molecular complexity index is 471. The van der Waals surface area contributed by atoms with E-state index < -0.39 is 10.0 Å². The van der Waals surface area contributed by atoms with Crippen molar-refractivity contribution in [1.29, 1.82) is 0 Å². The summed E-state index contributed by atoms with van der Waals surface area (Å²) in [6.45, 7) is 4.71. The third-order valence-electron chi connectivity index (χ3n) is 2.53. The Balaban J connectivity index is 2.58. The lowest BCUT2D eigenvalue weighted by molar-refractivity contribution is 0.559. The average Bonchev–Trinajstić information content (AvgIpc) is 2.78. The van der Waals surface area contributed by atoms with Crippen LogP contribution in [0, 0.1) is 0 Å². The minimum Gasteiger partial charge on any atom is -0.316 e. The van der Waals surface area contributed by atoms with Gasteiger partial charge in [-0.3, -0.25) is 0 Å². The van der Waals surface area contributed by atoms with Gasteiger partial charge in [-0.1, -0.05) is 6.92 Å². The smallest absolute Gasteiger partial charge is 0.250 e. The molecule has 1 atom stereocenters. The molecule has 7 heteroatoms. The van der Waals surface area contributed by atoms with Crippen LogP contribution < -0.4 is 10.0 Å². The highest BCUT2D eigenvalue weighted by molar-refractivity contribution is 7.99. The molecule has 1 rings (SSSR count). The molecule has 0 saturated carbocycles.